The first-order valence-electron chi connectivity index (χ1n) is 4.76. The summed E-state index contributed by atoms with van der Waals surface area (Å²) in [6.07, 6.45) is 1.72. The van der Waals surface area contributed by atoms with Crippen molar-refractivity contribution in [1.82, 2.24) is 9.88 Å². The van der Waals surface area contributed by atoms with Gasteiger partial charge in [-0.2, -0.15) is 0 Å². The Morgan fingerprint density at radius 1 is 1.67 bits per heavy atom. The summed E-state index contributed by atoms with van der Waals surface area (Å²) in [5, 5.41) is 9.80. The van der Waals surface area contributed by atoms with Crippen molar-refractivity contribution in [3.8, 4) is 0 Å². The second-order valence-corrected chi connectivity index (χ2v) is 3.99. The quantitative estimate of drug-likeness (QED) is 0.776. The first-order chi connectivity index (χ1) is 7.16. The molecule has 1 atom stereocenters. The van der Waals surface area contributed by atoms with E-state index in [9.17, 15) is 9.90 Å². The molecular formula is C10H11ClN2O2. The summed E-state index contributed by atoms with van der Waals surface area (Å²) in [6, 6.07) is 3.16. The normalized spacial score (nSPS) is 20.7. The molecule has 15 heavy (non-hydrogen) atoms. The van der Waals surface area contributed by atoms with Gasteiger partial charge < -0.3 is 10.0 Å². The molecule has 1 aliphatic rings. The topological polar surface area (TPSA) is 53.4 Å². The van der Waals surface area contributed by atoms with E-state index < -0.39 is 6.10 Å². The van der Waals surface area contributed by atoms with E-state index in [2.05, 4.69) is 4.98 Å². The molecule has 0 radical (unpaired) electrons. The fraction of sp³-hybridized carbons (Fsp3) is 0.400. The Hall–Kier alpha value is -1.13. The lowest BCUT2D eigenvalue weighted by molar-refractivity contribution is 0.0759. The summed E-state index contributed by atoms with van der Waals surface area (Å²) in [5.41, 5.74) is 0.330. The molecule has 80 valence electrons. The summed E-state index contributed by atoms with van der Waals surface area (Å²) in [6.45, 7) is 0.960. The number of hydrogen-bond acceptors (Lipinski definition) is 3. The number of halogens is 1. The number of carbonyl (C=O) groups excluding carboxylic acids is 1. The average Bonchev–Trinajstić information content (AvgIpc) is 2.64. The van der Waals surface area contributed by atoms with Gasteiger partial charge in [-0.1, -0.05) is 11.6 Å². The largest absolute Gasteiger partial charge is 0.391 e. The number of aliphatic hydroxyl groups is 1. The summed E-state index contributed by atoms with van der Waals surface area (Å²) in [4.78, 5) is 17.4. The molecule has 5 heteroatoms. The van der Waals surface area contributed by atoms with E-state index in [4.69, 9.17) is 11.6 Å². The maximum absolute atomic E-state index is 11.8. The van der Waals surface area contributed by atoms with Crippen LogP contribution in [0.4, 0.5) is 0 Å². The number of carbonyl (C=O) groups is 1. The van der Waals surface area contributed by atoms with E-state index in [-0.39, 0.29) is 5.91 Å². The molecular weight excluding hydrogens is 216 g/mol. The Labute approximate surface area is 92.5 Å². The minimum Gasteiger partial charge on any atom is -0.391 e. The number of rotatable bonds is 1. The lowest BCUT2D eigenvalue weighted by atomic mass is 10.3. The van der Waals surface area contributed by atoms with Crippen molar-refractivity contribution in [3.63, 3.8) is 0 Å². The fourth-order valence-electron chi connectivity index (χ4n) is 1.61. The molecule has 0 unspecified atom stereocenters. The molecule has 1 N–H and O–H groups in total. The molecule has 1 aromatic rings. The molecule has 2 rings (SSSR count). The summed E-state index contributed by atoms with van der Waals surface area (Å²) in [5.74, 6) is -0.172. The van der Waals surface area contributed by atoms with E-state index in [1.165, 1.54) is 12.3 Å². The van der Waals surface area contributed by atoms with Crippen molar-refractivity contribution in [2.75, 3.05) is 13.1 Å². The van der Waals surface area contributed by atoms with Crippen LogP contribution in [0, 0.1) is 0 Å². The number of amides is 1. The molecule has 0 bridgehead atoms. The van der Waals surface area contributed by atoms with Crippen molar-refractivity contribution in [2.45, 2.75) is 12.5 Å². The summed E-state index contributed by atoms with van der Waals surface area (Å²) in [7, 11) is 0. The van der Waals surface area contributed by atoms with Gasteiger partial charge in [-0.15, -0.1) is 0 Å². The molecule has 0 aromatic carbocycles. The van der Waals surface area contributed by atoms with Crippen LogP contribution in [0.5, 0.6) is 0 Å². The molecule has 1 amide bonds. The predicted molar refractivity (Wildman–Crippen MR) is 55.8 cm³/mol. The molecule has 0 aliphatic carbocycles. The minimum absolute atomic E-state index is 0.172. The standard InChI is InChI=1S/C10H11ClN2O2/c11-7-1-3-12-9(5-7)10(15)13-4-2-8(14)6-13/h1,3,5,8,14H,2,4,6H2/t8-/m0/s1. The van der Waals surface area contributed by atoms with Crippen molar-refractivity contribution in [2.24, 2.45) is 0 Å². The van der Waals surface area contributed by atoms with Gasteiger partial charge >= 0.3 is 0 Å². The van der Waals surface area contributed by atoms with Gasteiger partial charge in [-0.25, -0.2) is 0 Å². The lowest BCUT2D eigenvalue weighted by Gasteiger charge is -2.14. The number of nitrogens with zero attached hydrogens (tertiary/aromatic N) is 2. The SMILES string of the molecule is O=C(c1cc(Cl)ccn1)N1CC[C@H](O)C1. The zero-order valence-corrected chi connectivity index (χ0v) is 8.81. The summed E-state index contributed by atoms with van der Waals surface area (Å²) < 4.78 is 0. The van der Waals surface area contributed by atoms with Crippen LogP contribution in [-0.4, -0.2) is 40.1 Å². The van der Waals surface area contributed by atoms with Crippen LogP contribution >= 0.6 is 11.6 Å². The minimum atomic E-state index is -0.409. The van der Waals surface area contributed by atoms with Gasteiger partial charge in [0.2, 0.25) is 0 Å². The monoisotopic (exact) mass is 226 g/mol. The number of β-amino-alcohol motifs (C(OH)–C–C–N with tert-alkyl or cyclic N) is 1. The highest BCUT2D eigenvalue weighted by Gasteiger charge is 2.25. The molecule has 1 saturated heterocycles. The highest BCUT2D eigenvalue weighted by molar-refractivity contribution is 6.30. The van der Waals surface area contributed by atoms with Gasteiger partial charge in [0, 0.05) is 24.3 Å². The third kappa shape index (κ3) is 2.27. The number of aromatic nitrogens is 1. The van der Waals surface area contributed by atoms with Gasteiger partial charge in [0.25, 0.3) is 5.91 Å². The van der Waals surface area contributed by atoms with Gasteiger partial charge in [0.15, 0.2) is 0 Å². The molecule has 4 nitrogen and oxygen atoms in total. The maximum atomic E-state index is 11.8. The summed E-state index contributed by atoms with van der Waals surface area (Å²) >= 11 is 5.76. The lowest BCUT2D eigenvalue weighted by Crippen LogP contribution is -2.30. The van der Waals surface area contributed by atoms with Crippen molar-refractivity contribution in [3.05, 3.63) is 29.0 Å². The van der Waals surface area contributed by atoms with E-state index in [1.807, 2.05) is 0 Å². The molecule has 0 saturated carbocycles. The van der Waals surface area contributed by atoms with Gasteiger partial charge in [0.05, 0.1) is 6.10 Å². The van der Waals surface area contributed by atoms with Crippen LogP contribution in [0.15, 0.2) is 18.3 Å². The van der Waals surface area contributed by atoms with Crippen LogP contribution in [0.1, 0.15) is 16.9 Å². The second kappa shape index (κ2) is 4.16. The number of aliphatic hydroxyl groups excluding tert-OH is 1. The Balaban J connectivity index is 2.14. The first kappa shape index (κ1) is 10.4. The van der Waals surface area contributed by atoms with Gasteiger partial charge in [-0.3, -0.25) is 9.78 Å². The Bertz CT molecular complexity index is 383. The third-order valence-corrected chi connectivity index (χ3v) is 2.63. The molecule has 1 fully saturated rings. The zero-order chi connectivity index (χ0) is 10.8. The van der Waals surface area contributed by atoms with E-state index in [0.717, 1.165) is 0 Å². The predicted octanol–water partition coefficient (Wildman–Crippen LogP) is 0.942. The highest BCUT2D eigenvalue weighted by atomic mass is 35.5. The van der Waals surface area contributed by atoms with Crippen LogP contribution in [-0.2, 0) is 0 Å². The highest BCUT2D eigenvalue weighted by Crippen LogP contribution is 2.14. The molecule has 1 aromatic heterocycles. The number of pyridine rings is 1. The van der Waals surface area contributed by atoms with Crippen LogP contribution in [0.25, 0.3) is 0 Å². The van der Waals surface area contributed by atoms with Crippen LogP contribution in [0.3, 0.4) is 0 Å². The van der Waals surface area contributed by atoms with Gasteiger partial charge in [-0.05, 0) is 18.6 Å². The first-order valence-corrected chi connectivity index (χ1v) is 5.13. The third-order valence-electron chi connectivity index (χ3n) is 2.39. The second-order valence-electron chi connectivity index (χ2n) is 3.55. The van der Waals surface area contributed by atoms with Gasteiger partial charge in [0.1, 0.15) is 5.69 Å². The molecule has 1 aliphatic heterocycles. The average molecular weight is 227 g/mol. The Morgan fingerprint density at radius 2 is 2.47 bits per heavy atom. The van der Waals surface area contributed by atoms with Crippen LogP contribution < -0.4 is 0 Å². The van der Waals surface area contributed by atoms with Crippen LogP contribution in [0.2, 0.25) is 5.02 Å². The molecule has 0 spiro atoms. The van der Waals surface area contributed by atoms with Crippen molar-refractivity contribution >= 4 is 17.5 Å². The Morgan fingerprint density at radius 3 is 3.07 bits per heavy atom. The van der Waals surface area contributed by atoms with Crippen molar-refractivity contribution < 1.29 is 9.90 Å². The molecule has 2 heterocycles. The smallest absolute Gasteiger partial charge is 0.272 e. The zero-order valence-electron chi connectivity index (χ0n) is 8.06. The van der Waals surface area contributed by atoms with E-state index in [0.29, 0.717) is 30.2 Å². The number of likely N-dealkylation sites (tertiary alicyclic amines) is 1. The Kier molecular flexibility index (Phi) is 2.88. The number of hydrogen-bond donors (Lipinski definition) is 1. The fourth-order valence-corrected chi connectivity index (χ4v) is 1.77. The maximum Gasteiger partial charge on any atom is 0.272 e. The van der Waals surface area contributed by atoms with Crippen molar-refractivity contribution in [1.29, 1.82) is 0 Å². The van der Waals surface area contributed by atoms with E-state index >= 15 is 0 Å². The van der Waals surface area contributed by atoms with E-state index in [1.54, 1.807) is 11.0 Å².